The van der Waals surface area contributed by atoms with E-state index in [1.165, 1.54) is 17.8 Å². The number of carbonyl (C=O) groups excluding carboxylic acids is 2. The highest BCUT2D eigenvalue weighted by molar-refractivity contribution is 7.15. The lowest BCUT2D eigenvalue weighted by atomic mass is 9.89. The zero-order valence-corrected chi connectivity index (χ0v) is 16.9. The van der Waals surface area contributed by atoms with Gasteiger partial charge < -0.3 is 15.4 Å². The highest BCUT2D eigenvalue weighted by Crippen LogP contribution is 2.23. The standard InChI is InChI=1S/C20H26N4O3S/c1-27-16-9-5-6-14(12-16)13-18-23-24-20(28-18)22-17(25)10-11-21-19(26)15-7-3-2-4-8-15/h5-6,9,12,15H,2-4,7-8,10-11,13H2,1H3,(H,21,26)(H,22,24,25). The van der Waals surface area contributed by atoms with Crippen molar-refractivity contribution in [2.24, 2.45) is 5.92 Å². The van der Waals surface area contributed by atoms with Crippen LogP contribution in [0.2, 0.25) is 0 Å². The number of anilines is 1. The Labute approximate surface area is 168 Å². The zero-order chi connectivity index (χ0) is 19.8. The average molecular weight is 403 g/mol. The molecule has 0 bridgehead atoms. The lowest BCUT2D eigenvalue weighted by Crippen LogP contribution is -2.34. The third kappa shape index (κ3) is 6.02. The van der Waals surface area contributed by atoms with Gasteiger partial charge in [0, 0.05) is 25.3 Å². The molecule has 3 rings (SSSR count). The molecule has 0 aliphatic heterocycles. The third-order valence-corrected chi connectivity index (χ3v) is 5.67. The predicted molar refractivity (Wildman–Crippen MR) is 109 cm³/mol. The Hall–Kier alpha value is -2.48. The number of aromatic nitrogens is 2. The van der Waals surface area contributed by atoms with E-state index in [1.807, 2.05) is 24.3 Å². The lowest BCUT2D eigenvalue weighted by Gasteiger charge is -2.20. The van der Waals surface area contributed by atoms with Crippen molar-refractivity contribution in [2.45, 2.75) is 44.9 Å². The number of nitrogens with one attached hydrogen (secondary N) is 2. The fourth-order valence-electron chi connectivity index (χ4n) is 3.32. The molecule has 0 spiro atoms. The predicted octanol–water partition coefficient (Wildman–Crippen LogP) is 3.16. The van der Waals surface area contributed by atoms with Gasteiger partial charge in [-0.15, -0.1) is 10.2 Å². The molecule has 1 aromatic carbocycles. The second-order valence-electron chi connectivity index (χ2n) is 6.95. The molecule has 1 heterocycles. The van der Waals surface area contributed by atoms with Crippen LogP contribution in [0.1, 0.15) is 49.1 Å². The van der Waals surface area contributed by atoms with Gasteiger partial charge in [-0.25, -0.2) is 0 Å². The minimum absolute atomic E-state index is 0.0731. The first-order valence-electron chi connectivity index (χ1n) is 9.67. The molecular weight excluding hydrogens is 376 g/mol. The Kier molecular flexibility index (Phi) is 7.36. The first kappa shape index (κ1) is 20.3. The summed E-state index contributed by atoms with van der Waals surface area (Å²) in [6, 6.07) is 7.77. The molecule has 0 radical (unpaired) electrons. The van der Waals surface area contributed by atoms with Gasteiger partial charge in [-0.05, 0) is 30.5 Å². The highest BCUT2D eigenvalue weighted by atomic mass is 32.1. The van der Waals surface area contributed by atoms with Gasteiger partial charge in [0.25, 0.3) is 0 Å². The molecule has 28 heavy (non-hydrogen) atoms. The van der Waals surface area contributed by atoms with Crippen LogP contribution in [0.25, 0.3) is 0 Å². The number of hydrogen-bond donors (Lipinski definition) is 2. The van der Waals surface area contributed by atoms with Gasteiger partial charge in [-0.2, -0.15) is 0 Å². The van der Waals surface area contributed by atoms with Crippen LogP contribution in [0.3, 0.4) is 0 Å². The molecule has 0 unspecified atom stereocenters. The van der Waals surface area contributed by atoms with E-state index < -0.39 is 0 Å². The van der Waals surface area contributed by atoms with Crippen molar-refractivity contribution in [2.75, 3.05) is 19.0 Å². The molecule has 1 aromatic heterocycles. The Morgan fingerprint density at radius 2 is 2.04 bits per heavy atom. The van der Waals surface area contributed by atoms with Crippen molar-refractivity contribution in [1.29, 1.82) is 0 Å². The molecule has 0 atom stereocenters. The maximum absolute atomic E-state index is 12.1. The molecule has 150 valence electrons. The van der Waals surface area contributed by atoms with Crippen LogP contribution in [0.15, 0.2) is 24.3 Å². The molecular formula is C20H26N4O3S. The number of rotatable bonds is 8. The maximum atomic E-state index is 12.1. The second-order valence-corrected chi connectivity index (χ2v) is 8.02. The van der Waals surface area contributed by atoms with Gasteiger partial charge in [-0.3, -0.25) is 9.59 Å². The molecule has 1 fully saturated rings. The first-order valence-corrected chi connectivity index (χ1v) is 10.5. The second kappa shape index (κ2) is 10.2. The largest absolute Gasteiger partial charge is 0.497 e. The summed E-state index contributed by atoms with van der Waals surface area (Å²) >= 11 is 1.35. The van der Waals surface area contributed by atoms with Crippen LogP contribution in [0.4, 0.5) is 5.13 Å². The normalized spacial score (nSPS) is 14.5. The molecule has 2 N–H and O–H groups in total. The fraction of sp³-hybridized carbons (Fsp3) is 0.500. The van der Waals surface area contributed by atoms with E-state index in [2.05, 4.69) is 20.8 Å². The summed E-state index contributed by atoms with van der Waals surface area (Å²) < 4.78 is 5.22. The van der Waals surface area contributed by atoms with Crippen molar-refractivity contribution in [1.82, 2.24) is 15.5 Å². The van der Waals surface area contributed by atoms with E-state index in [0.717, 1.165) is 42.0 Å². The number of methoxy groups -OCH3 is 1. The quantitative estimate of drug-likeness (QED) is 0.707. The van der Waals surface area contributed by atoms with Crippen LogP contribution in [0, 0.1) is 5.92 Å². The summed E-state index contributed by atoms with van der Waals surface area (Å²) in [6.07, 6.45) is 6.22. The van der Waals surface area contributed by atoms with Crippen molar-refractivity contribution in [3.05, 3.63) is 34.8 Å². The van der Waals surface area contributed by atoms with E-state index >= 15 is 0 Å². The molecule has 0 saturated heterocycles. The lowest BCUT2D eigenvalue weighted by molar-refractivity contribution is -0.126. The molecule has 7 nitrogen and oxygen atoms in total. The van der Waals surface area contributed by atoms with Crippen molar-refractivity contribution in [3.63, 3.8) is 0 Å². The van der Waals surface area contributed by atoms with Gasteiger partial charge in [-0.1, -0.05) is 42.7 Å². The van der Waals surface area contributed by atoms with Gasteiger partial charge in [0.05, 0.1) is 7.11 Å². The number of hydrogen-bond acceptors (Lipinski definition) is 6. The first-order chi connectivity index (χ1) is 13.6. The minimum atomic E-state index is -0.173. The van der Waals surface area contributed by atoms with Crippen LogP contribution in [-0.2, 0) is 16.0 Å². The number of ether oxygens (including phenoxy) is 1. The van der Waals surface area contributed by atoms with Crippen LogP contribution in [-0.4, -0.2) is 35.7 Å². The van der Waals surface area contributed by atoms with Gasteiger partial charge in [0.2, 0.25) is 16.9 Å². The number of amides is 2. The number of carbonyl (C=O) groups is 2. The monoisotopic (exact) mass is 402 g/mol. The molecule has 8 heteroatoms. The zero-order valence-electron chi connectivity index (χ0n) is 16.1. The smallest absolute Gasteiger partial charge is 0.227 e. The van der Waals surface area contributed by atoms with E-state index in [1.54, 1.807) is 7.11 Å². The SMILES string of the molecule is COc1cccc(Cc2nnc(NC(=O)CCNC(=O)C3CCCCC3)s2)c1. The van der Waals surface area contributed by atoms with Gasteiger partial charge in [0.15, 0.2) is 0 Å². The molecule has 1 aliphatic rings. The van der Waals surface area contributed by atoms with Crippen molar-refractivity contribution in [3.8, 4) is 5.75 Å². The van der Waals surface area contributed by atoms with E-state index in [0.29, 0.717) is 18.1 Å². The van der Waals surface area contributed by atoms with E-state index in [4.69, 9.17) is 4.74 Å². The van der Waals surface area contributed by atoms with Crippen molar-refractivity contribution < 1.29 is 14.3 Å². The topological polar surface area (TPSA) is 93.2 Å². The fourth-order valence-corrected chi connectivity index (χ4v) is 4.11. The summed E-state index contributed by atoms with van der Waals surface area (Å²) in [6.45, 7) is 0.344. The summed E-state index contributed by atoms with van der Waals surface area (Å²) in [5.41, 5.74) is 1.07. The molecule has 2 amide bonds. The van der Waals surface area contributed by atoms with E-state index in [-0.39, 0.29) is 24.2 Å². The molecule has 1 saturated carbocycles. The minimum Gasteiger partial charge on any atom is -0.497 e. The summed E-state index contributed by atoms with van der Waals surface area (Å²) in [4.78, 5) is 24.2. The Morgan fingerprint density at radius 3 is 2.82 bits per heavy atom. The maximum Gasteiger partial charge on any atom is 0.227 e. The third-order valence-electron chi connectivity index (χ3n) is 4.83. The van der Waals surface area contributed by atoms with Crippen LogP contribution in [0.5, 0.6) is 5.75 Å². The average Bonchev–Trinajstić information content (AvgIpc) is 3.15. The Morgan fingerprint density at radius 1 is 1.21 bits per heavy atom. The number of nitrogens with zero attached hydrogens (tertiary/aromatic N) is 2. The van der Waals surface area contributed by atoms with E-state index in [9.17, 15) is 9.59 Å². The van der Waals surface area contributed by atoms with Gasteiger partial charge in [0.1, 0.15) is 10.8 Å². The Bertz CT molecular complexity index is 802. The summed E-state index contributed by atoms with van der Waals surface area (Å²) in [5, 5.41) is 15.1. The highest BCUT2D eigenvalue weighted by Gasteiger charge is 2.20. The van der Waals surface area contributed by atoms with Crippen LogP contribution >= 0.6 is 11.3 Å². The number of benzene rings is 1. The molecule has 1 aliphatic carbocycles. The Balaban J connectivity index is 1.41. The molecule has 2 aromatic rings. The van der Waals surface area contributed by atoms with Gasteiger partial charge >= 0.3 is 0 Å². The summed E-state index contributed by atoms with van der Waals surface area (Å²) in [5.74, 6) is 0.807. The van der Waals surface area contributed by atoms with Crippen molar-refractivity contribution >= 4 is 28.3 Å². The van der Waals surface area contributed by atoms with Crippen LogP contribution < -0.4 is 15.4 Å². The summed E-state index contributed by atoms with van der Waals surface area (Å²) in [7, 11) is 1.63.